The third-order valence-corrected chi connectivity index (χ3v) is 6.49. The van der Waals surface area contributed by atoms with Gasteiger partial charge in [0.05, 0.1) is 6.04 Å². The third kappa shape index (κ3) is 4.88. The molecule has 2 aromatic carbocycles. The molecule has 2 aliphatic rings. The van der Waals surface area contributed by atoms with Crippen LogP contribution in [0.25, 0.3) is 11.1 Å². The summed E-state index contributed by atoms with van der Waals surface area (Å²) in [5, 5.41) is 3.48. The molecule has 0 saturated carbocycles. The second-order valence-electron chi connectivity index (χ2n) is 7.69. The van der Waals surface area contributed by atoms with Gasteiger partial charge in [-0.15, -0.1) is 24.8 Å². The van der Waals surface area contributed by atoms with E-state index in [0.29, 0.717) is 19.7 Å². The maximum Gasteiger partial charge on any atom is 0.409 e. The Morgan fingerprint density at radius 2 is 1.72 bits per heavy atom. The molecule has 1 amide bonds. The van der Waals surface area contributed by atoms with E-state index >= 15 is 0 Å². The monoisotopic (exact) mass is 583 g/mol. The van der Waals surface area contributed by atoms with E-state index in [1.54, 1.807) is 4.90 Å². The Labute approximate surface area is 213 Å². The van der Waals surface area contributed by atoms with Crippen LogP contribution in [-0.2, 0) is 4.74 Å². The number of nitrogens with zero attached hydrogens (tertiary/aromatic N) is 2. The lowest BCUT2D eigenvalue weighted by molar-refractivity contribution is 0.0882. The fourth-order valence-electron chi connectivity index (χ4n) is 4.44. The van der Waals surface area contributed by atoms with Gasteiger partial charge in [0.2, 0.25) is 0 Å². The number of ether oxygens (including phenoxy) is 1. The minimum atomic E-state index is -0.248. The van der Waals surface area contributed by atoms with E-state index < -0.39 is 0 Å². The maximum atomic E-state index is 12.9. The highest BCUT2D eigenvalue weighted by molar-refractivity contribution is 14.1. The first kappa shape index (κ1) is 24.8. The Kier molecular flexibility index (Phi) is 8.38. The van der Waals surface area contributed by atoms with Gasteiger partial charge in [0.1, 0.15) is 6.61 Å². The smallest absolute Gasteiger partial charge is 0.409 e. The fraction of sp³-hybridized carbons (Fsp3) is 0.250. The Hall–Kier alpha value is -1.87. The van der Waals surface area contributed by atoms with Crippen molar-refractivity contribution in [3.05, 3.63) is 87.3 Å². The Morgan fingerprint density at radius 3 is 2.38 bits per heavy atom. The van der Waals surface area contributed by atoms with Crippen molar-refractivity contribution in [3.63, 3.8) is 0 Å². The van der Waals surface area contributed by atoms with Crippen molar-refractivity contribution in [2.24, 2.45) is 0 Å². The van der Waals surface area contributed by atoms with Crippen LogP contribution in [0.5, 0.6) is 0 Å². The highest BCUT2D eigenvalue weighted by atomic mass is 127. The number of halogens is 3. The molecule has 1 unspecified atom stereocenters. The van der Waals surface area contributed by atoms with Gasteiger partial charge in [-0.05, 0) is 56.5 Å². The maximum absolute atomic E-state index is 12.9. The number of benzene rings is 2. The first-order chi connectivity index (χ1) is 14.7. The standard InChI is InChI=1S/C24H22IN3O2.2ClH/c25-17-11-16(12-26-13-17)23-14-28(10-9-27-23)24(29)30-15-22-20-7-3-1-5-18(20)19-6-2-4-8-21(19)22;;/h1-8,11-13,22-23,27H,9-10,14-15H2;2*1H. The predicted molar refractivity (Wildman–Crippen MR) is 139 cm³/mol. The molecular weight excluding hydrogens is 560 g/mol. The fourth-order valence-corrected chi connectivity index (χ4v) is 4.96. The van der Waals surface area contributed by atoms with Crippen molar-refractivity contribution < 1.29 is 9.53 Å². The molecule has 1 atom stereocenters. The van der Waals surface area contributed by atoms with Gasteiger partial charge in [0.25, 0.3) is 0 Å². The average molecular weight is 584 g/mol. The number of rotatable bonds is 3. The first-order valence-corrected chi connectivity index (χ1v) is 11.2. The van der Waals surface area contributed by atoms with Crippen LogP contribution < -0.4 is 5.32 Å². The summed E-state index contributed by atoms with van der Waals surface area (Å²) in [5.74, 6) is 0.0833. The number of piperazine rings is 1. The van der Waals surface area contributed by atoms with Crippen LogP contribution in [0.4, 0.5) is 4.79 Å². The molecule has 0 spiro atoms. The zero-order chi connectivity index (χ0) is 20.5. The van der Waals surface area contributed by atoms with Crippen molar-refractivity contribution in [1.82, 2.24) is 15.2 Å². The number of fused-ring (bicyclic) bond motifs is 3. The van der Waals surface area contributed by atoms with Crippen LogP contribution in [-0.4, -0.2) is 42.2 Å². The molecule has 1 N–H and O–H groups in total. The number of carbonyl (C=O) groups excluding carboxylic acids is 1. The van der Waals surface area contributed by atoms with Crippen molar-refractivity contribution in [2.45, 2.75) is 12.0 Å². The van der Waals surface area contributed by atoms with Crippen molar-refractivity contribution in [3.8, 4) is 11.1 Å². The van der Waals surface area contributed by atoms with E-state index in [-0.39, 0.29) is 42.9 Å². The minimum absolute atomic E-state index is 0. The summed E-state index contributed by atoms with van der Waals surface area (Å²) in [6, 6.07) is 19.0. The number of pyridine rings is 1. The topological polar surface area (TPSA) is 54.5 Å². The van der Waals surface area contributed by atoms with Gasteiger partial charge in [0.15, 0.2) is 0 Å². The molecule has 1 aromatic heterocycles. The number of hydrogen-bond acceptors (Lipinski definition) is 4. The van der Waals surface area contributed by atoms with Crippen LogP contribution in [0, 0.1) is 3.57 Å². The highest BCUT2D eigenvalue weighted by Gasteiger charge is 2.31. The predicted octanol–water partition coefficient (Wildman–Crippen LogP) is 5.43. The largest absolute Gasteiger partial charge is 0.448 e. The molecule has 32 heavy (non-hydrogen) atoms. The molecule has 0 radical (unpaired) electrons. The summed E-state index contributed by atoms with van der Waals surface area (Å²) in [6.07, 6.45) is 3.44. The summed E-state index contributed by atoms with van der Waals surface area (Å²) in [7, 11) is 0. The third-order valence-electron chi connectivity index (χ3n) is 5.90. The summed E-state index contributed by atoms with van der Waals surface area (Å²) in [5.41, 5.74) is 6.03. The lowest BCUT2D eigenvalue weighted by atomic mass is 9.98. The molecule has 1 saturated heterocycles. The normalized spacial score (nSPS) is 16.9. The molecule has 5 rings (SSSR count). The van der Waals surface area contributed by atoms with Gasteiger partial charge in [-0.1, -0.05) is 48.5 Å². The Bertz CT molecular complexity index is 1050. The molecule has 168 valence electrons. The van der Waals surface area contributed by atoms with Crippen molar-refractivity contribution in [1.29, 1.82) is 0 Å². The summed E-state index contributed by atoms with van der Waals surface area (Å²) >= 11 is 2.26. The lowest BCUT2D eigenvalue weighted by Crippen LogP contribution is -2.48. The number of amides is 1. The number of aromatic nitrogens is 1. The van der Waals surface area contributed by atoms with Crippen LogP contribution in [0.2, 0.25) is 0 Å². The number of nitrogens with one attached hydrogen (secondary N) is 1. The molecule has 3 aromatic rings. The minimum Gasteiger partial charge on any atom is -0.448 e. The number of carbonyl (C=O) groups is 1. The zero-order valence-corrected chi connectivity index (χ0v) is 21.0. The van der Waals surface area contributed by atoms with E-state index in [9.17, 15) is 4.79 Å². The molecule has 0 bridgehead atoms. The van der Waals surface area contributed by atoms with Gasteiger partial charge in [0, 0.05) is 41.5 Å². The Morgan fingerprint density at radius 1 is 1.06 bits per heavy atom. The molecule has 1 aliphatic heterocycles. The second-order valence-corrected chi connectivity index (χ2v) is 8.94. The molecule has 5 nitrogen and oxygen atoms in total. The van der Waals surface area contributed by atoms with Crippen LogP contribution in [0.15, 0.2) is 67.0 Å². The van der Waals surface area contributed by atoms with Crippen molar-refractivity contribution in [2.75, 3.05) is 26.2 Å². The molecule has 1 fully saturated rings. The molecular formula is C24H24Cl2IN3O2. The molecule has 1 aliphatic carbocycles. The van der Waals surface area contributed by atoms with E-state index in [2.05, 4.69) is 87.5 Å². The van der Waals surface area contributed by atoms with Gasteiger partial charge >= 0.3 is 6.09 Å². The van der Waals surface area contributed by atoms with E-state index in [0.717, 1.165) is 15.7 Å². The lowest BCUT2D eigenvalue weighted by Gasteiger charge is -2.33. The quantitative estimate of drug-likeness (QED) is 0.418. The molecule has 8 heteroatoms. The SMILES string of the molecule is Cl.Cl.O=C(OCC1c2ccccc2-c2ccccc21)N1CCNC(c2cncc(I)c2)C1. The summed E-state index contributed by atoms with van der Waals surface area (Å²) in [4.78, 5) is 19.0. The second kappa shape index (κ2) is 10.8. The zero-order valence-electron chi connectivity index (χ0n) is 17.2. The number of hydrogen-bond donors (Lipinski definition) is 1. The van der Waals surface area contributed by atoms with Crippen LogP contribution >= 0.6 is 47.4 Å². The Balaban J connectivity index is 0.00000144. The highest BCUT2D eigenvalue weighted by Crippen LogP contribution is 2.44. The van der Waals surface area contributed by atoms with Crippen LogP contribution in [0.3, 0.4) is 0 Å². The first-order valence-electron chi connectivity index (χ1n) is 10.1. The summed E-state index contributed by atoms with van der Waals surface area (Å²) < 4.78 is 6.92. The summed E-state index contributed by atoms with van der Waals surface area (Å²) in [6.45, 7) is 2.32. The van der Waals surface area contributed by atoms with Crippen LogP contribution in [0.1, 0.15) is 28.7 Å². The van der Waals surface area contributed by atoms with E-state index in [1.807, 2.05) is 12.4 Å². The van der Waals surface area contributed by atoms with Gasteiger partial charge in [-0.2, -0.15) is 0 Å². The van der Waals surface area contributed by atoms with Gasteiger partial charge in [-0.3, -0.25) is 4.98 Å². The van der Waals surface area contributed by atoms with Crippen molar-refractivity contribution >= 4 is 53.5 Å². The average Bonchev–Trinajstić information content (AvgIpc) is 3.11. The van der Waals surface area contributed by atoms with E-state index in [1.165, 1.54) is 22.3 Å². The van der Waals surface area contributed by atoms with Gasteiger partial charge in [-0.25, -0.2) is 4.79 Å². The van der Waals surface area contributed by atoms with Gasteiger partial charge < -0.3 is 15.0 Å². The molecule has 2 heterocycles. The van der Waals surface area contributed by atoms with E-state index in [4.69, 9.17) is 4.74 Å².